The van der Waals surface area contributed by atoms with Gasteiger partial charge < -0.3 is 14.2 Å². The van der Waals surface area contributed by atoms with Gasteiger partial charge in [-0.15, -0.1) is 13.2 Å². The SMILES string of the molecule is C=CCC[C@@](C)(OCc1ccccc1)C(=O)NNC(=O)c1nc(O[C@H](C)CC=C)c(C(F)(F)F)cc1NC(=O)OC(C)(C)C. The van der Waals surface area contributed by atoms with Gasteiger partial charge in [-0.3, -0.25) is 25.8 Å². The number of amides is 3. The summed E-state index contributed by atoms with van der Waals surface area (Å²) in [5.41, 5.74) is 0.129. The third-order valence-electron chi connectivity index (χ3n) is 5.95. The minimum absolute atomic E-state index is 0.0872. The molecule has 0 aliphatic rings. The molecule has 0 unspecified atom stereocenters. The Morgan fingerprint density at radius 2 is 1.68 bits per heavy atom. The fourth-order valence-corrected chi connectivity index (χ4v) is 3.70. The Morgan fingerprint density at radius 3 is 2.25 bits per heavy atom. The van der Waals surface area contributed by atoms with Crippen LogP contribution in [-0.2, 0) is 27.1 Å². The van der Waals surface area contributed by atoms with Crippen LogP contribution >= 0.6 is 0 Å². The highest BCUT2D eigenvalue weighted by Crippen LogP contribution is 2.38. The van der Waals surface area contributed by atoms with Crippen molar-refractivity contribution in [3.8, 4) is 5.88 Å². The molecule has 0 spiro atoms. The second kappa shape index (κ2) is 15.4. The first kappa shape index (κ1) is 35.8. The van der Waals surface area contributed by atoms with Gasteiger partial charge in [-0.05, 0) is 59.1 Å². The molecule has 240 valence electrons. The van der Waals surface area contributed by atoms with E-state index in [2.05, 4.69) is 34.3 Å². The number of benzene rings is 1. The van der Waals surface area contributed by atoms with Gasteiger partial charge in [0.1, 0.15) is 22.9 Å². The van der Waals surface area contributed by atoms with Crippen LogP contribution in [0.4, 0.5) is 23.7 Å². The fourth-order valence-electron chi connectivity index (χ4n) is 3.70. The topological polar surface area (TPSA) is 128 Å². The maximum atomic E-state index is 14.0. The van der Waals surface area contributed by atoms with Gasteiger partial charge in [0.2, 0.25) is 5.88 Å². The van der Waals surface area contributed by atoms with Crippen LogP contribution in [0.3, 0.4) is 0 Å². The van der Waals surface area contributed by atoms with Crippen molar-refractivity contribution in [2.75, 3.05) is 5.32 Å². The fraction of sp³-hybridized carbons (Fsp3) is 0.419. The van der Waals surface area contributed by atoms with Gasteiger partial charge in [-0.2, -0.15) is 13.2 Å². The average molecular weight is 621 g/mol. The molecule has 2 atom stereocenters. The van der Waals surface area contributed by atoms with E-state index in [1.807, 2.05) is 30.3 Å². The number of allylic oxidation sites excluding steroid dienone is 1. The molecule has 3 N–H and O–H groups in total. The lowest BCUT2D eigenvalue weighted by Gasteiger charge is -2.28. The number of aromatic nitrogens is 1. The van der Waals surface area contributed by atoms with E-state index < -0.39 is 64.2 Å². The normalized spacial score (nSPS) is 13.5. The van der Waals surface area contributed by atoms with Crippen molar-refractivity contribution in [2.24, 2.45) is 0 Å². The Balaban J connectivity index is 2.42. The highest BCUT2D eigenvalue weighted by atomic mass is 19.4. The number of nitrogens with one attached hydrogen (secondary N) is 3. The van der Waals surface area contributed by atoms with Crippen LogP contribution < -0.4 is 20.9 Å². The van der Waals surface area contributed by atoms with Gasteiger partial charge in [0.05, 0.1) is 12.3 Å². The molecular formula is C31H39F3N4O6. The highest BCUT2D eigenvalue weighted by Gasteiger charge is 2.39. The van der Waals surface area contributed by atoms with Gasteiger partial charge in [0, 0.05) is 6.42 Å². The van der Waals surface area contributed by atoms with Gasteiger partial charge >= 0.3 is 12.3 Å². The van der Waals surface area contributed by atoms with Gasteiger partial charge in [-0.1, -0.05) is 42.5 Å². The molecule has 0 fully saturated rings. The monoisotopic (exact) mass is 620 g/mol. The standard InChI is InChI=1S/C31H39F3N4O6/c1-8-10-17-30(7,42-19-21-15-12-11-13-16-21)27(40)38-37-25(39)24-23(35-28(41)44-29(4,5)6)18-22(31(32,33)34)26(36-24)43-20(3)14-9-2/h8-9,11-13,15-16,18,20H,1-2,10,14,17,19H2,3-7H3,(H,35,41)(H,37,39)(H,38,40)/t20-,30-/m1/s1. The molecule has 0 saturated carbocycles. The second-order valence-corrected chi connectivity index (χ2v) is 11.1. The second-order valence-electron chi connectivity index (χ2n) is 11.1. The lowest BCUT2D eigenvalue weighted by molar-refractivity contribution is -0.148. The minimum Gasteiger partial charge on any atom is -0.474 e. The molecule has 3 amide bonds. The summed E-state index contributed by atoms with van der Waals surface area (Å²) >= 11 is 0. The summed E-state index contributed by atoms with van der Waals surface area (Å²) in [7, 11) is 0. The van der Waals surface area contributed by atoms with E-state index in [4.69, 9.17) is 14.2 Å². The van der Waals surface area contributed by atoms with Gasteiger partial charge in [0.15, 0.2) is 5.69 Å². The Morgan fingerprint density at radius 1 is 1.02 bits per heavy atom. The molecule has 1 heterocycles. The molecule has 0 aliphatic carbocycles. The molecule has 13 heteroatoms. The summed E-state index contributed by atoms with van der Waals surface area (Å²) in [4.78, 5) is 42.8. The minimum atomic E-state index is -4.97. The molecule has 1 aromatic heterocycles. The van der Waals surface area contributed by atoms with E-state index >= 15 is 0 Å². The van der Waals surface area contributed by atoms with Crippen LogP contribution in [-0.4, -0.2) is 40.2 Å². The quantitative estimate of drug-likeness (QED) is 0.172. The molecular weight excluding hydrogens is 581 g/mol. The number of pyridine rings is 1. The number of carbonyl (C=O) groups is 3. The van der Waals surface area contributed by atoms with Crippen LogP contribution in [0.5, 0.6) is 5.88 Å². The predicted octanol–water partition coefficient (Wildman–Crippen LogP) is 6.49. The number of alkyl halides is 3. The maximum Gasteiger partial charge on any atom is 0.421 e. The molecule has 1 aromatic carbocycles. The number of halogens is 3. The van der Waals surface area contributed by atoms with E-state index in [1.165, 1.54) is 19.9 Å². The van der Waals surface area contributed by atoms with Gasteiger partial charge in [0.25, 0.3) is 11.8 Å². The molecule has 10 nitrogen and oxygen atoms in total. The lowest BCUT2D eigenvalue weighted by Crippen LogP contribution is -2.53. The van der Waals surface area contributed by atoms with Crippen molar-refractivity contribution in [1.29, 1.82) is 0 Å². The Kier molecular flexibility index (Phi) is 12.5. The highest BCUT2D eigenvalue weighted by molar-refractivity contribution is 6.02. The average Bonchev–Trinajstić information content (AvgIpc) is 2.93. The summed E-state index contributed by atoms with van der Waals surface area (Å²) < 4.78 is 58.5. The zero-order valence-corrected chi connectivity index (χ0v) is 25.5. The van der Waals surface area contributed by atoms with Crippen LogP contribution in [0.2, 0.25) is 0 Å². The van der Waals surface area contributed by atoms with E-state index in [0.29, 0.717) is 12.5 Å². The Labute approximate surface area is 255 Å². The van der Waals surface area contributed by atoms with Crippen molar-refractivity contribution in [3.63, 3.8) is 0 Å². The number of ether oxygens (including phenoxy) is 3. The third-order valence-corrected chi connectivity index (χ3v) is 5.95. The zero-order valence-electron chi connectivity index (χ0n) is 25.5. The first-order valence-electron chi connectivity index (χ1n) is 13.8. The molecule has 2 rings (SSSR count). The number of rotatable bonds is 13. The number of hydrogen-bond acceptors (Lipinski definition) is 7. The molecule has 0 saturated heterocycles. The number of anilines is 1. The number of hydrogen-bond donors (Lipinski definition) is 3. The zero-order chi connectivity index (χ0) is 33.1. The first-order chi connectivity index (χ1) is 20.5. The van der Waals surface area contributed by atoms with Crippen LogP contribution in [0.25, 0.3) is 0 Å². The Hall–Kier alpha value is -4.39. The summed E-state index contributed by atoms with van der Waals surface area (Å²) in [6.07, 6.45) is -3.05. The van der Waals surface area contributed by atoms with E-state index in [-0.39, 0.29) is 19.4 Å². The summed E-state index contributed by atoms with van der Waals surface area (Å²) in [5, 5.41) is 2.15. The number of nitrogens with zero attached hydrogens (tertiary/aromatic N) is 1. The molecule has 2 aromatic rings. The Bertz CT molecular complexity index is 1330. The lowest BCUT2D eigenvalue weighted by atomic mass is 9.98. The smallest absolute Gasteiger partial charge is 0.421 e. The third kappa shape index (κ3) is 11.0. The van der Waals surface area contributed by atoms with Gasteiger partial charge in [-0.25, -0.2) is 9.78 Å². The predicted molar refractivity (Wildman–Crippen MR) is 159 cm³/mol. The van der Waals surface area contributed by atoms with Crippen molar-refractivity contribution < 1.29 is 41.8 Å². The first-order valence-corrected chi connectivity index (χ1v) is 13.8. The molecule has 0 aliphatic heterocycles. The largest absolute Gasteiger partial charge is 0.474 e. The number of carbonyl (C=O) groups excluding carboxylic acids is 3. The van der Waals surface area contributed by atoms with Crippen molar-refractivity contribution in [2.45, 2.75) is 84.0 Å². The van der Waals surface area contributed by atoms with Crippen LogP contribution in [0.1, 0.15) is 75.5 Å². The van der Waals surface area contributed by atoms with E-state index in [9.17, 15) is 27.6 Å². The van der Waals surface area contributed by atoms with E-state index in [1.54, 1.807) is 26.8 Å². The van der Waals surface area contributed by atoms with Crippen molar-refractivity contribution in [3.05, 3.63) is 78.5 Å². The maximum absolute atomic E-state index is 14.0. The molecule has 44 heavy (non-hydrogen) atoms. The van der Waals surface area contributed by atoms with E-state index in [0.717, 1.165) is 5.56 Å². The summed E-state index contributed by atoms with van der Waals surface area (Å²) in [5.74, 6) is -2.79. The van der Waals surface area contributed by atoms with Crippen molar-refractivity contribution >= 4 is 23.6 Å². The summed E-state index contributed by atoms with van der Waals surface area (Å²) in [6.45, 7) is 15.0. The summed E-state index contributed by atoms with van der Waals surface area (Å²) in [6, 6.07) is 9.62. The van der Waals surface area contributed by atoms with Crippen LogP contribution in [0, 0.1) is 0 Å². The molecule has 0 bridgehead atoms. The van der Waals surface area contributed by atoms with Crippen molar-refractivity contribution in [1.82, 2.24) is 15.8 Å². The van der Waals surface area contributed by atoms with Crippen LogP contribution in [0.15, 0.2) is 61.7 Å². The number of hydrazine groups is 1. The molecule has 0 radical (unpaired) electrons.